The van der Waals surface area contributed by atoms with Gasteiger partial charge in [0.15, 0.2) is 12.3 Å². The van der Waals surface area contributed by atoms with E-state index in [0.29, 0.717) is 25.0 Å². The van der Waals surface area contributed by atoms with E-state index in [-0.39, 0.29) is 30.0 Å². The highest BCUT2D eigenvalue weighted by molar-refractivity contribution is 5.82. The summed E-state index contributed by atoms with van der Waals surface area (Å²) in [4.78, 5) is 12.9. The van der Waals surface area contributed by atoms with E-state index in [1.54, 1.807) is 21.1 Å². The van der Waals surface area contributed by atoms with Gasteiger partial charge in [-0.3, -0.25) is 4.79 Å². The van der Waals surface area contributed by atoms with Gasteiger partial charge in [-0.1, -0.05) is 32.9 Å². The van der Waals surface area contributed by atoms with E-state index in [1.807, 2.05) is 20.8 Å². The molecule has 0 aromatic carbocycles. The number of carbonyl (C=O) groups excluding carboxylic acids is 1. The lowest BCUT2D eigenvalue weighted by molar-refractivity contribution is -0.285. The first-order chi connectivity index (χ1) is 15.8. The lowest BCUT2D eigenvalue weighted by Crippen LogP contribution is -2.62. The standard InChI is InChI=1S/C24H43NO9/c1-13-10-24(29,34-15(3)14(13)2)20(27)21(28)25-22(32-8)19-17(26)11-23(4,5)18(33-19)9-16(31-7)12-30-6/h14-20,22,26-27,29H,1,9-12H2,2-8H3,(H,25,28). The van der Waals surface area contributed by atoms with Crippen molar-refractivity contribution >= 4 is 5.91 Å². The second-order valence-corrected chi connectivity index (χ2v) is 10.3. The Bertz CT molecular complexity index is 702. The number of amides is 1. The Balaban J connectivity index is 2.13. The molecule has 9 unspecified atom stereocenters. The monoisotopic (exact) mass is 489 g/mol. The van der Waals surface area contributed by atoms with Crippen LogP contribution in [0.3, 0.4) is 0 Å². The molecule has 2 aliphatic heterocycles. The average molecular weight is 490 g/mol. The zero-order valence-corrected chi connectivity index (χ0v) is 21.4. The molecule has 2 aliphatic rings. The van der Waals surface area contributed by atoms with Crippen LogP contribution < -0.4 is 5.32 Å². The maximum atomic E-state index is 12.9. The molecule has 9 atom stereocenters. The van der Waals surface area contributed by atoms with Crippen LogP contribution in [-0.4, -0.2) is 97.8 Å². The fraction of sp³-hybridized carbons (Fsp3) is 0.875. The van der Waals surface area contributed by atoms with E-state index in [4.69, 9.17) is 23.7 Å². The summed E-state index contributed by atoms with van der Waals surface area (Å²) >= 11 is 0. The molecule has 34 heavy (non-hydrogen) atoms. The van der Waals surface area contributed by atoms with Crippen molar-refractivity contribution < 1.29 is 43.8 Å². The van der Waals surface area contributed by atoms with Crippen LogP contribution in [0.4, 0.5) is 0 Å². The smallest absolute Gasteiger partial charge is 0.256 e. The average Bonchev–Trinajstić information content (AvgIpc) is 2.76. The number of methoxy groups -OCH3 is 3. The number of aliphatic hydroxyl groups excluding tert-OH is 2. The molecule has 10 heteroatoms. The van der Waals surface area contributed by atoms with Crippen molar-refractivity contribution in [3.05, 3.63) is 12.2 Å². The van der Waals surface area contributed by atoms with Crippen LogP contribution in [0.15, 0.2) is 12.2 Å². The largest absolute Gasteiger partial charge is 0.390 e. The van der Waals surface area contributed by atoms with Gasteiger partial charge in [0.05, 0.1) is 31.0 Å². The molecule has 1 amide bonds. The predicted octanol–water partition coefficient (Wildman–Crippen LogP) is 0.722. The van der Waals surface area contributed by atoms with Crippen molar-refractivity contribution in [3.8, 4) is 0 Å². The summed E-state index contributed by atoms with van der Waals surface area (Å²) in [6.45, 7) is 11.9. The summed E-state index contributed by atoms with van der Waals surface area (Å²) in [5.74, 6) is -3.05. The van der Waals surface area contributed by atoms with Crippen LogP contribution in [0.25, 0.3) is 0 Å². The second-order valence-electron chi connectivity index (χ2n) is 10.3. The summed E-state index contributed by atoms with van der Waals surface area (Å²) in [6, 6.07) is 0. The highest BCUT2D eigenvalue weighted by Gasteiger charge is 2.50. The van der Waals surface area contributed by atoms with Crippen molar-refractivity contribution in [1.29, 1.82) is 0 Å². The summed E-state index contributed by atoms with van der Waals surface area (Å²) in [5.41, 5.74) is 0.303. The van der Waals surface area contributed by atoms with Gasteiger partial charge in [-0.25, -0.2) is 0 Å². The number of hydrogen-bond acceptors (Lipinski definition) is 9. The van der Waals surface area contributed by atoms with Crippen molar-refractivity contribution in [2.75, 3.05) is 27.9 Å². The molecule has 4 N–H and O–H groups in total. The molecule has 0 saturated carbocycles. The van der Waals surface area contributed by atoms with Gasteiger partial charge in [0.1, 0.15) is 6.10 Å². The van der Waals surface area contributed by atoms with E-state index in [9.17, 15) is 20.1 Å². The molecular formula is C24H43NO9. The van der Waals surface area contributed by atoms with Crippen molar-refractivity contribution in [2.24, 2.45) is 11.3 Å². The molecule has 2 saturated heterocycles. The predicted molar refractivity (Wildman–Crippen MR) is 124 cm³/mol. The highest BCUT2D eigenvalue weighted by atomic mass is 16.6. The molecule has 2 heterocycles. The highest BCUT2D eigenvalue weighted by Crippen LogP contribution is 2.40. The Morgan fingerprint density at radius 2 is 1.91 bits per heavy atom. The molecule has 0 bridgehead atoms. The summed E-state index contributed by atoms with van der Waals surface area (Å²) in [7, 11) is 4.55. The third kappa shape index (κ3) is 6.55. The third-order valence-electron chi connectivity index (χ3n) is 7.20. The molecule has 198 valence electrons. The Morgan fingerprint density at radius 1 is 1.26 bits per heavy atom. The summed E-state index contributed by atoms with van der Waals surface area (Å²) in [5, 5.41) is 34.9. The van der Waals surface area contributed by atoms with E-state index < -0.39 is 42.3 Å². The maximum Gasteiger partial charge on any atom is 0.256 e. The fourth-order valence-electron chi connectivity index (χ4n) is 4.70. The first-order valence-electron chi connectivity index (χ1n) is 11.7. The van der Waals surface area contributed by atoms with Gasteiger partial charge in [-0.2, -0.15) is 0 Å². The molecule has 0 radical (unpaired) electrons. The van der Waals surface area contributed by atoms with Crippen LogP contribution in [0.1, 0.15) is 47.0 Å². The van der Waals surface area contributed by atoms with Crippen molar-refractivity contribution in [1.82, 2.24) is 5.32 Å². The van der Waals surface area contributed by atoms with Crippen molar-refractivity contribution in [3.63, 3.8) is 0 Å². The Kier molecular flexibility index (Phi) is 10.1. The Labute approximate surface area is 202 Å². The Hall–Kier alpha value is -1.11. The van der Waals surface area contributed by atoms with Crippen LogP contribution in [0.5, 0.6) is 0 Å². The van der Waals surface area contributed by atoms with Gasteiger partial charge in [0.2, 0.25) is 5.79 Å². The maximum absolute atomic E-state index is 12.9. The topological polar surface area (TPSA) is 136 Å². The molecular weight excluding hydrogens is 446 g/mol. The van der Waals surface area contributed by atoms with Crippen LogP contribution in [-0.2, 0) is 28.5 Å². The molecule has 2 fully saturated rings. The van der Waals surface area contributed by atoms with Gasteiger partial charge in [-0.05, 0) is 18.8 Å². The first kappa shape index (κ1) is 29.1. The fourth-order valence-corrected chi connectivity index (χ4v) is 4.70. The number of rotatable bonds is 10. The number of carbonyl (C=O) groups is 1. The van der Waals surface area contributed by atoms with Gasteiger partial charge >= 0.3 is 0 Å². The third-order valence-corrected chi connectivity index (χ3v) is 7.20. The molecule has 10 nitrogen and oxygen atoms in total. The van der Waals surface area contributed by atoms with E-state index in [2.05, 4.69) is 11.9 Å². The summed E-state index contributed by atoms with van der Waals surface area (Å²) < 4.78 is 27.9. The minimum absolute atomic E-state index is 0.0256. The number of nitrogens with one attached hydrogen (secondary N) is 1. The van der Waals surface area contributed by atoms with E-state index in [0.717, 1.165) is 0 Å². The molecule has 0 aliphatic carbocycles. The van der Waals surface area contributed by atoms with Gasteiger partial charge < -0.3 is 44.3 Å². The van der Waals surface area contributed by atoms with Crippen LogP contribution in [0, 0.1) is 11.3 Å². The zero-order chi connectivity index (χ0) is 25.8. The lowest BCUT2D eigenvalue weighted by Gasteiger charge is -2.47. The lowest BCUT2D eigenvalue weighted by atomic mass is 9.75. The quantitative estimate of drug-likeness (QED) is 0.258. The first-order valence-corrected chi connectivity index (χ1v) is 11.7. The second kappa shape index (κ2) is 11.7. The molecule has 2 rings (SSSR count). The van der Waals surface area contributed by atoms with Crippen LogP contribution >= 0.6 is 0 Å². The number of aliphatic hydroxyl groups is 3. The van der Waals surface area contributed by atoms with Gasteiger partial charge in [-0.15, -0.1) is 0 Å². The molecule has 0 aromatic rings. The van der Waals surface area contributed by atoms with Gasteiger partial charge in [0.25, 0.3) is 5.91 Å². The van der Waals surface area contributed by atoms with E-state index in [1.165, 1.54) is 7.11 Å². The minimum Gasteiger partial charge on any atom is -0.390 e. The summed E-state index contributed by atoms with van der Waals surface area (Å²) in [6.07, 6.45) is -4.96. The molecule has 0 spiro atoms. The van der Waals surface area contributed by atoms with Crippen LogP contribution in [0.2, 0.25) is 0 Å². The Morgan fingerprint density at radius 3 is 2.44 bits per heavy atom. The molecule has 0 aromatic heterocycles. The normalized spacial score (nSPS) is 36.5. The number of hydrogen-bond donors (Lipinski definition) is 4. The van der Waals surface area contributed by atoms with Crippen molar-refractivity contribution in [2.45, 2.75) is 95.6 Å². The van der Waals surface area contributed by atoms with Gasteiger partial charge in [0, 0.05) is 40.1 Å². The SMILES string of the molecule is C=C1CC(O)(C(O)C(=O)NC(OC)C2OC(CC(COC)OC)C(C)(C)CC2O)OC(C)C1C. The number of ether oxygens (including phenoxy) is 5. The zero-order valence-electron chi connectivity index (χ0n) is 21.4. The minimum atomic E-state index is -2.12. The van der Waals surface area contributed by atoms with E-state index >= 15 is 0 Å².